The molecular formula is C44H28N4. The lowest BCUT2D eigenvalue weighted by Crippen LogP contribution is -2.03. The molecule has 7 aromatic carbocycles. The van der Waals surface area contributed by atoms with Gasteiger partial charge in [-0.15, -0.1) is 0 Å². The van der Waals surface area contributed by atoms with Crippen molar-refractivity contribution in [3.63, 3.8) is 0 Å². The second-order valence-corrected chi connectivity index (χ2v) is 12.3. The number of hydrogen-bond donors (Lipinski definition) is 0. The van der Waals surface area contributed by atoms with Crippen molar-refractivity contribution in [2.45, 2.75) is 0 Å². The van der Waals surface area contributed by atoms with Crippen molar-refractivity contribution < 1.29 is 0 Å². The van der Waals surface area contributed by atoms with Gasteiger partial charge < -0.3 is 4.57 Å². The van der Waals surface area contributed by atoms with Crippen molar-refractivity contribution in [2.75, 3.05) is 0 Å². The fourth-order valence-corrected chi connectivity index (χ4v) is 7.37. The van der Waals surface area contributed by atoms with Gasteiger partial charge in [-0.05, 0) is 64.4 Å². The monoisotopic (exact) mass is 612 g/mol. The molecule has 48 heavy (non-hydrogen) atoms. The van der Waals surface area contributed by atoms with Gasteiger partial charge >= 0.3 is 0 Å². The van der Waals surface area contributed by atoms with Gasteiger partial charge in [0, 0.05) is 39.0 Å². The fourth-order valence-electron chi connectivity index (χ4n) is 7.37. The summed E-state index contributed by atoms with van der Waals surface area (Å²) in [6, 6.07) is 58.0. The molecule has 0 bridgehead atoms. The van der Waals surface area contributed by atoms with Gasteiger partial charge in [-0.2, -0.15) is 0 Å². The Morgan fingerprint density at radius 2 is 1.06 bits per heavy atom. The summed E-state index contributed by atoms with van der Waals surface area (Å²) in [4.78, 5) is 10.7. The van der Waals surface area contributed by atoms with Crippen LogP contribution in [0.5, 0.6) is 0 Å². The molecule has 4 nitrogen and oxygen atoms in total. The first-order valence-electron chi connectivity index (χ1n) is 16.3. The van der Waals surface area contributed by atoms with Crippen LogP contribution in [0.2, 0.25) is 0 Å². The molecule has 0 saturated heterocycles. The van der Waals surface area contributed by atoms with Crippen molar-refractivity contribution in [2.24, 2.45) is 0 Å². The van der Waals surface area contributed by atoms with E-state index < -0.39 is 0 Å². The first-order chi connectivity index (χ1) is 23.8. The summed E-state index contributed by atoms with van der Waals surface area (Å²) >= 11 is 0. The first kappa shape index (κ1) is 26.7. The van der Waals surface area contributed by atoms with Gasteiger partial charge in [0.15, 0.2) is 0 Å². The van der Waals surface area contributed by atoms with Gasteiger partial charge in [0.2, 0.25) is 5.95 Å². The summed E-state index contributed by atoms with van der Waals surface area (Å²) in [7, 11) is 0. The van der Waals surface area contributed by atoms with Crippen molar-refractivity contribution in [3.05, 3.63) is 170 Å². The predicted molar refractivity (Wildman–Crippen MR) is 199 cm³/mol. The van der Waals surface area contributed by atoms with Crippen LogP contribution in [0.4, 0.5) is 0 Å². The number of fused-ring (bicyclic) bond motifs is 6. The van der Waals surface area contributed by atoms with Crippen LogP contribution in [-0.4, -0.2) is 19.1 Å². The summed E-state index contributed by atoms with van der Waals surface area (Å²) in [6.45, 7) is 0. The highest BCUT2D eigenvalue weighted by atomic mass is 15.2. The van der Waals surface area contributed by atoms with Gasteiger partial charge in [-0.3, -0.25) is 4.57 Å². The Morgan fingerprint density at radius 1 is 0.417 bits per heavy atom. The van der Waals surface area contributed by atoms with Crippen LogP contribution in [-0.2, 0) is 0 Å². The smallest absolute Gasteiger partial charge is 0.235 e. The second kappa shape index (κ2) is 10.5. The lowest BCUT2D eigenvalue weighted by Gasteiger charge is -2.15. The highest BCUT2D eigenvalue weighted by Crippen LogP contribution is 2.39. The third-order valence-electron chi connectivity index (χ3n) is 9.57. The summed E-state index contributed by atoms with van der Waals surface area (Å²) < 4.78 is 4.50. The molecule has 224 valence electrons. The first-order valence-corrected chi connectivity index (χ1v) is 16.3. The van der Waals surface area contributed by atoms with E-state index in [1.807, 2.05) is 0 Å². The molecule has 3 heterocycles. The third-order valence-corrected chi connectivity index (χ3v) is 9.57. The lowest BCUT2D eigenvalue weighted by atomic mass is 9.93. The van der Waals surface area contributed by atoms with Crippen molar-refractivity contribution in [1.82, 2.24) is 19.1 Å². The molecule has 0 aliphatic heterocycles. The van der Waals surface area contributed by atoms with Crippen molar-refractivity contribution in [1.29, 1.82) is 0 Å². The van der Waals surface area contributed by atoms with Crippen molar-refractivity contribution >= 4 is 54.4 Å². The molecular weight excluding hydrogens is 585 g/mol. The third kappa shape index (κ3) is 4.03. The highest BCUT2D eigenvalue weighted by Gasteiger charge is 2.20. The zero-order valence-electron chi connectivity index (χ0n) is 26.0. The normalized spacial score (nSPS) is 11.8. The quantitative estimate of drug-likeness (QED) is 0.198. The minimum absolute atomic E-state index is 0.660. The lowest BCUT2D eigenvalue weighted by molar-refractivity contribution is 1.01. The minimum atomic E-state index is 0.660. The Labute approximate surface area is 276 Å². The minimum Gasteiger partial charge on any atom is -0.317 e. The summed E-state index contributed by atoms with van der Waals surface area (Å²) in [5, 5.41) is 6.91. The van der Waals surface area contributed by atoms with Gasteiger partial charge in [0.05, 0.1) is 27.8 Å². The molecule has 0 aliphatic rings. The summed E-state index contributed by atoms with van der Waals surface area (Å²) in [5.74, 6) is 0.660. The largest absolute Gasteiger partial charge is 0.317 e. The molecule has 0 radical (unpaired) electrons. The van der Waals surface area contributed by atoms with Crippen LogP contribution in [0.1, 0.15) is 0 Å². The van der Waals surface area contributed by atoms with Gasteiger partial charge in [0.25, 0.3) is 0 Å². The Hall–Kier alpha value is -6.52. The fraction of sp³-hybridized carbons (Fsp3) is 0. The molecule has 0 aliphatic carbocycles. The average Bonchev–Trinajstić information content (AvgIpc) is 3.72. The van der Waals surface area contributed by atoms with E-state index in [2.05, 4.69) is 179 Å². The zero-order valence-corrected chi connectivity index (χ0v) is 26.0. The Morgan fingerprint density at radius 3 is 1.88 bits per heavy atom. The number of aromatic nitrogens is 4. The predicted octanol–water partition coefficient (Wildman–Crippen LogP) is 11.2. The topological polar surface area (TPSA) is 35.6 Å². The maximum atomic E-state index is 5.45. The molecule has 0 unspecified atom stereocenters. The summed E-state index contributed by atoms with van der Waals surface area (Å²) in [6.07, 6.45) is 2.15. The van der Waals surface area contributed by atoms with Crippen LogP contribution in [0.25, 0.3) is 88.4 Å². The van der Waals surface area contributed by atoms with Gasteiger partial charge in [-0.25, -0.2) is 9.97 Å². The molecule has 0 fully saturated rings. The number of rotatable bonds is 4. The average molecular weight is 613 g/mol. The van der Waals surface area contributed by atoms with Crippen LogP contribution < -0.4 is 0 Å². The van der Waals surface area contributed by atoms with Crippen LogP contribution in [0.15, 0.2) is 170 Å². The van der Waals surface area contributed by atoms with E-state index in [0.29, 0.717) is 5.95 Å². The SMILES string of the molecule is c1ccc(-c2ccc(-c3nc(-n4c5ccccc5c5cc6c(ccn6-c6ccccc6)cc54)nc4ccccc34)c3ccccc23)cc1. The molecule has 0 N–H and O–H groups in total. The molecule has 4 heteroatoms. The number of benzene rings is 7. The maximum Gasteiger partial charge on any atom is 0.235 e. The summed E-state index contributed by atoms with van der Waals surface area (Å²) in [5.41, 5.74) is 9.81. The number of para-hydroxylation sites is 3. The van der Waals surface area contributed by atoms with E-state index in [-0.39, 0.29) is 0 Å². The molecule has 0 spiro atoms. The molecule has 10 aromatic rings. The number of nitrogens with zero attached hydrogens (tertiary/aromatic N) is 4. The molecule has 10 rings (SSSR count). The standard InChI is InChI=1S/C44H28N4/c1-3-13-29(14-4-1)32-23-24-36(34-18-8-7-17-33(32)34)43-37-20-9-11-21-39(37)45-44(46-43)48-40-22-12-10-19-35(40)38-28-41-30(27-42(38)48)25-26-47(41)31-15-5-2-6-16-31/h1-28H. The van der Waals surface area contributed by atoms with E-state index in [1.54, 1.807) is 0 Å². The zero-order chi connectivity index (χ0) is 31.6. The van der Waals surface area contributed by atoms with E-state index >= 15 is 0 Å². The van der Waals surface area contributed by atoms with Crippen LogP contribution in [0.3, 0.4) is 0 Å². The number of hydrogen-bond acceptors (Lipinski definition) is 2. The Kier molecular flexibility index (Phi) is 5.84. The molecule has 0 saturated carbocycles. The van der Waals surface area contributed by atoms with E-state index in [0.717, 1.165) is 38.9 Å². The molecule has 3 aromatic heterocycles. The van der Waals surface area contributed by atoms with Crippen LogP contribution >= 0.6 is 0 Å². The van der Waals surface area contributed by atoms with E-state index in [4.69, 9.17) is 9.97 Å². The van der Waals surface area contributed by atoms with Gasteiger partial charge in [-0.1, -0.05) is 121 Å². The molecule has 0 amide bonds. The van der Waals surface area contributed by atoms with Crippen LogP contribution in [0, 0.1) is 0 Å². The maximum absolute atomic E-state index is 5.45. The Balaban J connectivity index is 1.25. The van der Waals surface area contributed by atoms with E-state index in [9.17, 15) is 0 Å². The second-order valence-electron chi connectivity index (χ2n) is 12.3. The Bertz CT molecular complexity index is 2830. The van der Waals surface area contributed by atoms with Gasteiger partial charge in [0.1, 0.15) is 0 Å². The van der Waals surface area contributed by atoms with Crippen molar-refractivity contribution in [3.8, 4) is 34.0 Å². The van der Waals surface area contributed by atoms with E-state index in [1.165, 1.54) is 43.6 Å². The highest BCUT2D eigenvalue weighted by molar-refractivity contribution is 6.14. The molecule has 0 atom stereocenters.